The Kier molecular flexibility index (Phi) is 3.35. The van der Waals surface area contributed by atoms with Crippen LogP contribution in [-0.2, 0) is 11.2 Å². The summed E-state index contributed by atoms with van der Waals surface area (Å²) >= 11 is 0. The van der Waals surface area contributed by atoms with E-state index in [0.717, 1.165) is 18.2 Å². The number of benzene rings is 1. The fraction of sp³-hybridized carbons (Fsp3) is 0.562. The van der Waals surface area contributed by atoms with E-state index in [2.05, 4.69) is 24.3 Å². The molecule has 3 rings (SSSR count). The molecule has 0 saturated heterocycles. The maximum atomic E-state index is 5.49. The van der Waals surface area contributed by atoms with Gasteiger partial charge in [0.05, 0.1) is 13.2 Å². The van der Waals surface area contributed by atoms with Crippen LogP contribution in [0.5, 0.6) is 0 Å². The molecule has 2 aliphatic rings. The summed E-state index contributed by atoms with van der Waals surface area (Å²) in [7, 11) is 1.73. The molecule has 0 spiro atoms. The third-order valence-electron chi connectivity index (χ3n) is 4.35. The normalized spacial score (nSPS) is 24.3. The molecular weight excluding hydrogens is 222 g/mol. The molecule has 0 amide bonds. The van der Waals surface area contributed by atoms with Crippen molar-refractivity contribution in [2.45, 2.75) is 44.6 Å². The first-order valence-corrected chi connectivity index (χ1v) is 7.08. The van der Waals surface area contributed by atoms with E-state index in [1.807, 2.05) is 0 Å². The summed E-state index contributed by atoms with van der Waals surface area (Å²) in [5, 5.41) is 0. The van der Waals surface area contributed by atoms with Gasteiger partial charge in [-0.15, -0.1) is 0 Å². The zero-order valence-corrected chi connectivity index (χ0v) is 11.1. The van der Waals surface area contributed by atoms with Crippen LogP contribution in [0.25, 0.3) is 0 Å². The van der Waals surface area contributed by atoms with E-state index in [1.54, 1.807) is 7.11 Å². The van der Waals surface area contributed by atoms with Crippen LogP contribution in [0.3, 0.4) is 0 Å². The van der Waals surface area contributed by atoms with Gasteiger partial charge in [0.15, 0.2) is 0 Å². The Morgan fingerprint density at radius 1 is 1.11 bits per heavy atom. The minimum atomic E-state index is 0.440. The third kappa shape index (κ3) is 2.16. The summed E-state index contributed by atoms with van der Waals surface area (Å²) < 4.78 is 5.49. The molecule has 1 atom stereocenters. The summed E-state index contributed by atoms with van der Waals surface area (Å²) in [5.74, 6) is 1.60. The molecule has 1 aliphatic heterocycles. The Hall–Kier alpha value is -1.31. The van der Waals surface area contributed by atoms with Gasteiger partial charge in [0, 0.05) is 5.56 Å². The van der Waals surface area contributed by atoms with Crippen molar-refractivity contribution >= 4 is 5.90 Å². The van der Waals surface area contributed by atoms with Gasteiger partial charge >= 0.3 is 0 Å². The number of methoxy groups -OCH3 is 1. The average molecular weight is 243 g/mol. The highest BCUT2D eigenvalue weighted by Crippen LogP contribution is 2.32. The van der Waals surface area contributed by atoms with E-state index >= 15 is 0 Å². The Balaban J connectivity index is 1.87. The third-order valence-corrected chi connectivity index (χ3v) is 4.35. The lowest BCUT2D eigenvalue weighted by Gasteiger charge is -2.31. The quantitative estimate of drug-likeness (QED) is 0.738. The summed E-state index contributed by atoms with van der Waals surface area (Å²) in [6.07, 6.45) is 7.93. The maximum Gasteiger partial charge on any atom is 0.216 e. The van der Waals surface area contributed by atoms with Crippen LogP contribution in [0.15, 0.2) is 29.3 Å². The second-order valence-corrected chi connectivity index (χ2v) is 5.47. The van der Waals surface area contributed by atoms with Crippen LogP contribution in [0.2, 0.25) is 0 Å². The molecular formula is C16H21NO. The van der Waals surface area contributed by atoms with E-state index in [4.69, 9.17) is 9.73 Å². The lowest BCUT2D eigenvalue weighted by atomic mass is 9.80. The molecule has 96 valence electrons. The minimum absolute atomic E-state index is 0.440. The van der Waals surface area contributed by atoms with E-state index < -0.39 is 0 Å². The highest BCUT2D eigenvalue weighted by molar-refractivity contribution is 5.96. The van der Waals surface area contributed by atoms with E-state index in [-0.39, 0.29) is 0 Å². The van der Waals surface area contributed by atoms with Crippen LogP contribution in [0, 0.1) is 5.92 Å². The molecule has 18 heavy (non-hydrogen) atoms. The molecule has 1 heterocycles. The molecule has 2 heteroatoms. The second kappa shape index (κ2) is 5.13. The van der Waals surface area contributed by atoms with Crippen molar-refractivity contribution in [2.24, 2.45) is 10.9 Å². The van der Waals surface area contributed by atoms with Crippen LogP contribution < -0.4 is 0 Å². The highest BCUT2D eigenvalue weighted by Gasteiger charge is 2.28. The van der Waals surface area contributed by atoms with Gasteiger partial charge < -0.3 is 4.74 Å². The molecule has 1 unspecified atom stereocenters. The Bertz CT molecular complexity index is 446. The second-order valence-electron chi connectivity index (χ2n) is 5.47. The number of fused-ring (bicyclic) bond motifs is 1. The van der Waals surface area contributed by atoms with Crippen molar-refractivity contribution in [3.05, 3.63) is 35.4 Å². The first-order valence-electron chi connectivity index (χ1n) is 7.08. The number of hydrogen-bond acceptors (Lipinski definition) is 2. The molecule has 0 N–H and O–H groups in total. The molecule has 0 radical (unpaired) electrons. The number of nitrogens with zero attached hydrogens (tertiary/aromatic N) is 1. The van der Waals surface area contributed by atoms with E-state index in [0.29, 0.717) is 6.04 Å². The Labute approximate surface area is 109 Å². The van der Waals surface area contributed by atoms with Crippen molar-refractivity contribution in [1.29, 1.82) is 0 Å². The summed E-state index contributed by atoms with van der Waals surface area (Å²) in [6, 6.07) is 8.97. The molecule has 0 bridgehead atoms. The Morgan fingerprint density at radius 2 is 1.89 bits per heavy atom. The van der Waals surface area contributed by atoms with Crippen molar-refractivity contribution in [3.63, 3.8) is 0 Å². The largest absolute Gasteiger partial charge is 0.481 e. The van der Waals surface area contributed by atoms with Gasteiger partial charge in [-0.2, -0.15) is 0 Å². The number of ether oxygens (including phenoxy) is 1. The fourth-order valence-corrected chi connectivity index (χ4v) is 3.35. The predicted octanol–water partition coefficient (Wildman–Crippen LogP) is 3.58. The first kappa shape index (κ1) is 11.8. The molecule has 1 aromatic carbocycles. The van der Waals surface area contributed by atoms with Crippen molar-refractivity contribution in [2.75, 3.05) is 7.11 Å². The standard InChI is InChI=1S/C16H21NO/c1-18-16-14-10-6-5-9-13(14)11-15(17-16)12-7-3-2-4-8-12/h5-6,9-10,12,15H,2-4,7-8,11H2,1H3. The summed E-state index contributed by atoms with van der Waals surface area (Å²) in [6.45, 7) is 0. The van der Waals surface area contributed by atoms with Gasteiger partial charge in [-0.3, -0.25) is 0 Å². The zero-order chi connectivity index (χ0) is 12.4. The van der Waals surface area contributed by atoms with Crippen LogP contribution in [0.1, 0.15) is 43.2 Å². The van der Waals surface area contributed by atoms with Gasteiger partial charge in [-0.05, 0) is 36.8 Å². The SMILES string of the molecule is COC1=NC(C2CCCCC2)Cc2ccccc21. The van der Waals surface area contributed by atoms with Crippen molar-refractivity contribution in [1.82, 2.24) is 0 Å². The van der Waals surface area contributed by atoms with Gasteiger partial charge in [0.2, 0.25) is 5.90 Å². The molecule has 1 aromatic rings. The van der Waals surface area contributed by atoms with Crippen LogP contribution >= 0.6 is 0 Å². The van der Waals surface area contributed by atoms with Gasteiger partial charge in [0.1, 0.15) is 0 Å². The van der Waals surface area contributed by atoms with E-state index in [1.165, 1.54) is 43.2 Å². The number of hydrogen-bond donors (Lipinski definition) is 0. The van der Waals surface area contributed by atoms with Crippen LogP contribution in [-0.4, -0.2) is 19.0 Å². The fourth-order valence-electron chi connectivity index (χ4n) is 3.35. The van der Waals surface area contributed by atoms with E-state index in [9.17, 15) is 0 Å². The molecule has 0 aromatic heterocycles. The van der Waals surface area contributed by atoms with Gasteiger partial charge in [-0.1, -0.05) is 37.5 Å². The smallest absolute Gasteiger partial charge is 0.216 e. The van der Waals surface area contributed by atoms with Crippen LogP contribution in [0.4, 0.5) is 0 Å². The van der Waals surface area contributed by atoms with Crippen molar-refractivity contribution in [3.8, 4) is 0 Å². The Morgan fingerprint density at radius 3 is 2.67 bits per heavy atom. The number of rotatable bonds is 1. The lowest BCUT2D eigenvalue weighted by Crippen LogP contribution is -2.29. The molecule has 1 aliphatic carbocycles. The highest BCUT2D eigenvalue weighted by atomic mass is 16.5. The lowest BCUT2D eigenvalue weighted by molar-refractivity contribution is 0.294. The topological polar surface area (TPSA) is 21.6 Å². The van der Waals surface area contributed by atoms with Gasteiger partial charge in [0.25, 0.3) is 0 Å². The average Bonchev–Trinajstić information content (AvgIpc) is 2.47. The number of aliphatic imine (C=N–C) groups is 1. The zero-order valence-electron chi connectivity index (χ0n) is 11.1. The first-order chi connectivity index (χ1) is 8.88. The summed E-state index contributed by atoms with van der Waals surface area (Å²) in [4.78, 5) is 4.86. The van der Waals surface area contributed by atoms with Crippen molar-refractivity contribution < 1.29 is 4.74 Å². The maximum absolute atomic E-state index is 5.49. The summed E-state index contributed by atoms with van der Waals surface area (Å²) in [5.41, 5.74) is 2.59. The van der Waals surface area contributed by atoms with Gasteiger partial charge in [-0.25, -0.2) is 4.99 Å². The predicted molar refractivity (Wildman–Crippen MR) is 74.1 cm³/mol. The molecule has 1 saturated carbocycles. The molecule has 2 nitrogen and oxygen atoms in total. The molecule has 1 fully saturated rings. The monoisotopic (exact) mass is 243 g/mol. The minimum Gasteiger partial charge on any atom is -0.481 e.